The fourth-order valence-corrected chi connectivity index (χ4v) is 5.80. The molecule has 0 bridgehead atoms. The molecule has 1 unspecified atom stereocenters. The summed E-state index contributed by atoms with van der Waals surface area (Å²) in [4.78, 5) is 36.6. The molecule has 2 aliphatic rings. The maximum absolute atomic E-state index is 13.1. The molecule has 1 amide bonds. The number of piperidine rings is 1. The second kappa shape index (κ2) is 10.4. The van der Waals surface area contributed by atoms with Gasteiger partial charge in [-0.1, -0.05) is 25.0 Å². The predicted molar refractivity (Wildman–Crippen MR) is 115 cm³/mol. The minimum absolute atomic E-state index is 0.0290. The molecule has 9 nitrogen and oxygen atoms in total. The molecule has 1 saturated heterocycles. The summed E-state index contributed by atoms with van der Waals surface area (Å²) in [5.74, 6) is -2.01. The summed E-state index contributed by atoms with van der Waals surface area (Å²) < 4.78 is 37.5. The van der Waals surface area contributed by atoms with E-state index in [0.29, 0.717) is 0 Å². The zero-order valence-corrected chi connectivity index (χ0v) is 19.2. The minimum Gasteiger partial charge on any atom is -0.465 e. The average Bonchev–Trinajstić information content (AvgIpc) is 3.31. The normalized spacial score (nSPS) is 19.3. The number of carbonyl (C=O) groups is 3. The fraction of sp³-hybridized carbons (Fsp3) is 0.591. The highest BCUT2D eigenvalue weighted by Gasteiger charge is 2.35. The molecule has 1 aromatic rings. The molecule has 0 aromatic heterocycles. The molecule has 2 fully saturated rings. The van der Waals surface area contributed by atoms with Gasteiger partial charge in [-0.05, 0) is 44.7 Å². The topological polar surface area (TPSA) is 119 Å². The van der Waals surface area contributed by atoms with Crippen LogP contribution in [0.3, 0.4) is 0 Å². The highest BCUT2D eigenvalue weighted by atomic mass is 32.2. The summed E-state index contributed by atoms with van der Waals surface area (Å²) in [7, 11) is -2.74. The third kappa shape index (κ3) is 5.47. The second-order valence-corrected chi connectivity index (χ2v) is 10.1. The number of rotatable bonds is 7. The van der Waals surface area contributed by atoms with E-state index in [1.807, 2.05) is 0 Å². The van der Waals surface area contributed by atoms with Crippen LogP contribution in [0, 0.1) is 5.92 Å². The number of methoxy groups -OCH3 is 1. The van der Waals surface area contributed by atoms with Gasteiger partial charge in [-0.15, -0.1) is 0 Å². The predicted octanol–water partition coefficient (Wildman–Crippen LogP) is 1.86. The summed E-state index contributed by atoms with van der Waals surface area (Å²) in [6, 6.07) is 6.02. The van der Waals surface area contributed by atoms with Crippen LogP contribution in [-0.2, 0) is 29.1 Å². The van der Waals surface area contributed by atoms with Crippen LogP contribution in [-0.4, -0.2) is 62.9 Å². The Balaban J connectivity index is 1.57. The first-order valence-corrected chi connectivity index (χ1v) is 12.4. The van der Waals surface area contributed by atoms with Crippen molar-refractivity contribution in [1.29, 1.82) is 0 Å². The number of hydrogen-bond donors (Lipinski definition) is 1. The number of carbonyl (C=O) groups excluding carboxylic acids is 3. The Kier molecular flexibility index (Phi) is 7.89. The fourth-order valence-electron chi connectivity index (χ4n) is 4.15. The molecule has 1 saturated carbocycles. The Bertz CT molecular complexity index is 949. The third-order valence-corrected chi connectivity index (χ3v) is 8.02. The Hall–Kier alpha value is -2.46. The van der Waals surface area contributed by atoms with E-state index in [9.17, 15) is 22.8 Å². The lowest BCUT2D eigenvalue weighted by Gasteiger charge is -2.31. The third-order valence-electron chi connectivity index (χ3n) is 6.06. The van der Waals surface area contributed by atoms with Crippen molar-refractivity contribution in [3.63, 3.8) is 0 Å². The molecule has 176 valence electrons. The summed E-state index contributed by atoms with van der Waals surface area (Å²) in [6.07, 6.45) is 3.72. The molecule has 32 heavy (non-hydrogen) atoms. The van der Waals surface area contributed by atoms with Crippen LogP contribution in [0.2, 0.25) is 0 Å². The number of amides is 1. The smallest absolute Gasteiger partial charge is 0.339 e. The maximum Gasteiger partial charge on any atom is 0.339 e. The van der Waals surface area contributed by atoms with Crippen molar-refractivity contribution in [2.24, 2.45) is 5.92 Å². The quantitative estimate of drug-likeness (QED) is 0.609. The standard InChI is InChI=1S/C22H30N2O7S/c1-15(20(25)23-17-7-3-4-8-17)31-21(26)16-11-13-24(14-12-16)32(28,29)19-10-6-5-9-18(19)22(27)30-2/h5-6,9-10,15-17H,3-4,7-8,11-14H2,1-2H3,(H,23,25). The molecule has 1 N–H and O–H groups in total. The van der Waals surface area contributed by atoms with E-state index < -0.39 is 34.0 Å². The molecule has 1 aromatic carbocycles. The van der Waals surface area contributed by atoms with Crippen molar-refractivity contribution in [2.75, 3.05) is 20.2 Å². The van der Waals surface area contributed by atoms with Crippen LogP contribution in [0.5, 0.6) is 0 Å². The number of esters is 2. The first kappa shape index (κ1) is 24.2. The van der Waals surface area contributed by atoms with Gasteiger partial charge in [0.1, 0.15) is 0 Å². The van der Waals surface area contributed by atoms with E-state index in [-0.39, 0.29) is 48.3 Å². The molecule has 0 radical (unpaired) electrons. The van der Waals surface area contributed by atoms with E-state index >= 15 is 0 Å². The van der Waals surface area contributed by atoms with Gasteiger partial charge in [0.05, 0.1) is 23.5 Å². The summed E-state index contributed by atoms with van der Waals surface area (Å²) in [6.45, 7) is 1.77. The number of sulfonamides is 1. The second-order valence-electron chi connectivity index (χ2n) is 8.24. The molecule has 1 aliphatic heterocycles. The molecule has 1 aliphatic carbocycles. The zero-order chi connectivity index (χ0) is 23.3. The van der Waals surface area contributed by atoms with E-state index in [1.165, 1.54) is 23.5 Å². The highest BCUT2D eigenvalue weighted by Crippen LogP contribution is 2.27. The molecule has 0 spiro atoms. The average molecular weight is 467 g/mol. The van der Waals surface area contributed by atoms with Gasteiger partial charge >= 0.3 is 11.9 Å². The lowest BCUT2D eigenvalue weighted by molar-refractivity contribution is -0.160. The van der Waals surface area contributed by atoms with Crippen LogP contribution in [0.25, 0.3) is 0 Å². The van der Waals surface area contributed by atoms with E-state index in [0.717, 1.165) is 25.7 Å². The number of ether oxygens (including phenoxy) is 2. The zero-order valence-electron chi connectivity index (χ0n) is 18.4. The van der Waals surface area contributed by atoms with Crippen LogP contribution in [0.4, 0.5) is 0 Å². The number of hydrogen-bond acceptors (Lipinski definition) is 7. The largest absolute Gasteiger partial charge is 0.465 e. The van der Waals surface area contributed by atoms with E-state index in [4.69, 9.17) is 9.47 Å². The molecule has 1 heterocycles. The summed E-state index contributed by atoms with van der Waals surface area (Å²) in [5, 5.41) is 2.91. The Morgan fingerprint density at radius 3 is 2.31 bits per heavy atom. The van der Waals surface area contributed by atoms with Gasteiger partial charge in [-0.25, -0.2) is 13.2 Å². The van der Waals surface area contributed by atoms with Gasteiger partial charge in [0.25, 0.3) is 5.91 Å². The van der Waals surface area contributed by atoms with Crippen molar-refractivity contribution >= 4 is 27.9 Å². The Labute approximate surface area is 188 Å². The van der Waals surface area contributed by atoms with Crippen molar-refractivity contribution < 1.29 is 32.3 Å². The van der Waals surface area contributed by atoms with E-state index in [1.54, 1.807) is 19.1 Å². The molecule has 10 heteroatoms. The van der Waals surface area contributed by atoms with Gasteiger partial charge in [0.15, 0.2) is 6.10 Å². The first-order chi connectivity index (χ1) is 15.2. The molecule has 1 atom stereocenters. The van der Waals surface area contributed by atoms with Crippen molar-refractivity contribution in [3.05, 3.63) is 29.8 Å². The van der Waals surface area contributed by atoms with Crippen molar-refractivity contribution in [1.82, 2.24) is 9.62 Å². The van der Waals surface area contributed by atoms with Gasteiger partial charge in [0.2, 0.25) is 10.0 Å². The van der Waals surface area contributed by atoms with Crippen LogP contribution in [0.15, 0.2) is 29.2 Å². The van der Waals surface area contributed by atoms with Gasteiger partial charge in [-0.3, -0.25) is 9.59 Å². The number of nitrogens with one attached hydrogen (secondary N) is 1. The molecular formula is C22H30N2O7S. The van der Waals surface area contributed by atoms with Crippen LogP contribution < -0.4 is 5.32 Å². The number of nitrogens with zero attached hydrogens (tertiary/aromatic N) is 1. The van der Waals surface area contributed by atoms with E-state index in [2.05, 4.69) is 5.32 Å². The SMILES string of the molecule is COC(=O)c1ccccc1S(=O)(=O)N1CCC(C(=O)OC(C)C(=O)NC2CCCC2)CC1. The number of benzene rings is 1. The van der Waals surface area contributed by atoms with Crippen molar-refractivity contribution in [2.45, 2.75) is 62.5 Å². The summed E-state index contributed by atoms with van der Waals surface area (Å²) in [5.41, 5.74) is -0.0290. The molecular weight excluding hydrogens is 436 g/mol. The van der Waals surface area contributed by atoms with Gasteiger partial charge in [0, 0.05) is 19.1 Å². The lowest BCUT2D eigenvalue weighted by Crippen LogP contribution is -2.44. The van der Waals surface area contributed by atoms with Crippen LogP contribution in [0.1, 0.15) is 55.8 Å². The monoisotopic (exact) mass is 466 g/mol. The lowest BCUT2D eigenvalue weighted by atomic mass is 9.98. The van der Waals surface area contributed by atoms with Gasteiger partial charge < -0.3 is 14.8 Å². The minimum atomic E-state index is -3.93. The summed E-state index contributed by atoms with van der Waals surface area (Å²) >= 11 is 0. The van der Waals surface area contributed by atoms with Crippen molar-refractivity contribution in [3.8, 4) is 0 Å². The van der Waals surface area contributed by atoms with Crippen LogP contribution >= 0.6 is 0 Å². The van der Waals surface area contributed by atoms with Gasteiger partial charge in [-0.2, -0.15) is 4.31 Å². The molecule has 3 rings (SSSR count). The highest BCUT2D eigenvalue weighted by molar-refractivity contribution is 7.89. The Morgan fingerprint density at radius 2 is 1.69 bits per heavy atom. The maximum atomic E-state index is 13.1. The Morgan fingerprint density at radius 1 is 1.06 bits per heavy atom. The first-order valence-electron chi connectivity index (χ1n) is 10.9.